The first-order chi connectivity index (χ1) is 27.7. The molecular formula is C51H98O6. The van der Waals surface area contributed by atoms with Crippen LogP contribution in [0.25, 0.3) is 0 Å². The van der Waals surface area contributed by atoms with E-state index in [4.69, 9.17) is 14.2 Å². The van der Waals surface area contributed by atoms with Crippen molar-refractivity contribution < 1.29 is 28.6 Å². The number of rotatable bonds is 45. The van der Waals surface area contributed by atoms with E-state index in [0.29, 0.717) is 19.3 Å². The average Bonchev–Trinajstić information content (AvgIpc) is 3.18. The number of esters is 3. The van der Waals surface area contributed by atoms with Crippen LogP contribution in [0.15, 0.2) is 0 Å². The van der Waals surface area contributed by atoms with Gasteiger partial charge >= 0.3 is 17.9 Å². The molecule has 0 radical (unpaired) electrons. The van der Waals surface area contributed by atoms with Crippen molar-refractivity contribution in [3.05, 3.63) is 0 Å². The van der Waals surface area contributed by atoms with Crippen LogP contribution in [0.3, 0.4) is 0 Å². The monoisotopic (exact) mass is 807 g/mol. The summed E-state index contributed by atoms with van der Waals surface area (Å²) < 4.78 is 16.8. The Morgan fingerprint density at radius 1 is 0.333 bits per heavy atom. The molecule has 0 N–H and O–H groups in total. The summed E-state index contributed by atoms with van der Waals surface area (Å²) in [5.41, 5.74) is 0. The fraction of sp³-hybridized carbons (Fsp3) is 0.941. The predicted octanol–water partition coefficient (Wildman–Crippen LogP) is 16.1. The summed E-state index contributed by atoms with van der Waals surface area (Å²) in [4.78, 5) is 37.9. The molecule has 6 nitrogen and oxygen atoms in total. The van der Waals surface area contributed by atoms with Crippen molar-refractivity contribution in [3.8, 4) is 0 Å². The van der Waals surface area contributed by atoms with Crippen LogP contribution in [-0.4, -0.2) is 37.2 Å². The maximum Gasteiger partial charge on any atom is 0.306 e. The summed E-state index contributed by atoms with van der Waals surface area (Å²) in [5.74, 6) is 0.800. The van der Waals surface area contributed by atoms with Gasteiger partial charge in [0.1, 0.15) is 13.2 Å². The number of ether oxygens (including phenoxy) is 3. The molecule has 0 spiro atoms. The van der Waals surface area contributed by atoms with Crippen LogP contribution in [0.1, 0.15) is 279 Å². The molecule has 0 aliphatic carbocycles. The van der Waals surface area contributed by atoms with Gasteiger partial charge in [0, 0.05) is 19.3 Å². The van der Waals surface area contributed by atoms with Crippen molar-refractivity contribution in [2.45, 2.75) is 285 Å². The van der Waals surface area contributed by atoms with Crippen molar-refractivity contribution in [2.75, 3.05) is 13.2 Å². The Bertz CT molecular complexity index is 870. The zero-order chi connectivity index (χ0) is 41.9. The lowest BCUT2D eigenvalue weighted by Crippen LogP contribution is -2.30. The van der Waals surface area contributed by atoms with Gasteiger partial charge in [0.25, 0.3) is 0 Å². The van der Waals surface area contributed by atoms with Gasteiger partial charge in [-0.1, -0.05) is 240 Å². The summed E-state index contributed by atoms with van der Waals surface area (Å²) >= 11 is 0. The molecule has 0 bridgehead atoms. The first kappa shape index (κ1) is 55.4. The molecule has 6 heteroatoms. The van der Waals surface area contributed by atoms with E-state index in [2.05, 4.69) is 34.6 Å². The minimum absolute atomic E-state index is 0.0639. The highest BCUT2D eigenvalue weighted by Crippen LogP contribution is 2.17. The Balaban J connectivity index is 4.32. The van der Waals surface area contributed by atoms with Crippen molar-refractivity contribution in [1.29, 1.82) is 0 Å². The van der Waals surface area contributed by atoms with Gasteiger partial charge in [0.15, 0.2) is 6.10 Å². The number of unbranched alkanes of at least 4 members (excludes halogenated alkanes) is 30. The van der Waals surface area contributed by atoms with Gasteiger partial charge in [0.2, 0.25) is 0 Å². The standard InChI is InChI=1S/C51H98O6/c1-6-7-8-9-10-11-14-21-26-31-36-41-49(52)55-44-48(45-56-50(53)42-37-32-27-22-18-17-20-25-30-35-40-47(4)5)57-51(54)43-38-33-28-23-16-13-12-15-19-24-29-34-39-46(2)3/h46-48H,6-45H2,1-5H3/t48-/m0/s1. The van der Waals surface area contributed by atoms with E-state index in [0.717, 1.165) is 69.6 Å². The third-order valence-electron chi connectivity index (χ3n) is 11.5. The van der Waals surface area contributed by atoms with Gasteiger partial charge in [-0.2, -0.15) is 0 Å². The first-order valence-electron chi connectivity index (χ1n) is 25.2. The van der Waals surface area contributed by atoms with Gasteiger partial charge in [-0.15, -0.1) is 0 Å². The fourth-order valence-corrected chi connectivity index (χ4v) is 7.64. The van der Waals surface area contributed by atoms with Crippen molar-refractivity contribution >= 4 is 17.9 Å². The Kier molecular flexibility index (Phi) is 42.7. The zero-order valence-electron chi connectivity index (χ0n) is 39.0. The van der Waals surface area contributed by atoms with Crippen LogP contribution < -0.4 is 0 Å². The Hall–Kier alpha value is -1.59. The number of carbonyl (C=O) groups is 3. The van der Waals surface area contributed by atoms with Crippen LogP contribution in [-0.2, 0) is 28.6 Å². The highest BCUT2D eigenvalue weighted by atomic mass is 16.6. The van der Waals surface area contributed by atoms with Crippen molar-refractivity contribution in [3.63, 3.8) is 0 Å². The molecule has 0 aliphatic rings. The van der Waals surface area contributed by atoms with Gasteiger partial charge in [-0.05, 0) is 31.1 Å². The maximum atomic E-state index is 12.8. The lowest BCUT2D eigenvalue weighted by atomic mass is 10.0. The normalized spacial score (nSPS) is 12.1. The van der Waals surface area contributed by atoms with E-state index in [9.17, 15) is 14.4 Å². The van der Waals surface area contributed by atoms with Crippen molar-refractivity contribution in [1.82, 2.24) is 0 Å². The largest absolute Gasteiger partial charge is 0.462 e. The molecule has 0 aromatic heterocycles. The lowest BCUT2D eigenvalue weighted by molar-refractivity contribution is -0.167. The summed E-state index contributed by atoms with van der Waals surface area (Å²) in [7, 11) is 0. The second-order valence-corrected chi connectivity index (χ2v) is 18.4. The van der Waals surface area contributed by atoms with Crippen LogP contribution in [0.4, 0.5) is 0 Å². The average molecular weight is 807 g/mol. The summed E-state index contributed by atoms with van der Waals surface area (Å²) in [6.45, 7) is 11.4. The molecule has 0 amide bonds. The molecule has 0 saturated heterocycles. The molecule has 0 aliphatic heterocycles. The Morgan fingerprint density at radius 3 is 0.860 bits per heavy atom. The summed E-state index contributed by atoms with van der Waals surface area (Å²) in [5, 5.41) is 0. The second-order valence-electron chi connectivity index (χ2n) is 18.4. The topological polar surface area (TPSA) is 78.9 Å². The van der Waals surface area contributed by atoms with Gasteiger partial charge < -0.3 is 14.2 Å². The molecular weight excluding hydrogens is 709 g/mol. The number of hydrogen-bond acceptors (Lipinski definition) is 6. The molecule has 0 heterocycles. The third-order valence-corrected chi connectivity index (χ3v) is 11.5. The molecule has 0 rings (SSSR count). The highest BCUT2D eigenvalue weighted by molar-refractivity contribution is 5.71. The van der Waals surface area contributed by atoms with Crippen molar-refractivity contribution in [2.24, 2.45) is 11.8 Å². The fourth-order valence-electron chi connectivity index (χ4n) is 7.64. The minimum atomic E-state index is -0.761. The molecule has 0 unspecified atom stereocenters. The lowest BCUT2D eigenvalue weighted by Gasteiger charge is -2.18. The van der Waals surface area contributed by atoms with Crippen LogP contribution >= 0.6 is 0 Å². The van der Waals surface area contributed by atoms with E-state index in [1.54, 1.807) is 0 Å². The Labute approximate surface area is 355 Å². The van der Waals surface area contributed by atoms with Crippen LogP contribution in [0, 0.1) is 11.8 Å². The molecule has 0 aromatic carbocycles. The van der Waals surface area contributed by atoms with E-state index < -0.39 is 6.10 Å². The first-order valence-corrected chi connectivity index (χ1v) is 25.2. The SMILES string of the molecule is CCCCCCCCCCCCCC(=O)OC[C@@H](COC(=O)CCCCCCCCCCCCC(C)C)OC(=O)CCCCCCCCCCCCCCC(C)C. The van der Waals surface area contributed by atoms with E-state index >= 15 is 0 Å². The molecule has 0 fully saturated rings. The molecule has 57 heavy (non-hydrogen) atoms. The zero-order valence-corrected chi connectivity index (χ0v) is 39.0. The van der Waals surface area contributed by atoms with Gasteiger partial charge in [0.05, 0.1) is 0 Å². The third kappa shape index (κ3) is 45.3. The molecule has 0 saturated carbocycles. The quantitative estimate of drug-likeness (QED) is 0.0346. The summed E-state index contributed by atoms with van der Waals surface area (Å²) in [6, 6.07) is 0. The molecule has 0 aromatic rings. The van der Waals surface area contributed by atoms with Gasteiger partial charge in [-0.25, -0.2) is 0 Å². The molecule has 1 atom stereocenters. The maximum absolute atomic E-state index is 12.8. The second kappa shape index (κ2) is 44.0. The van der Waals surface area contributed by atoms with Crippen LogP contribution in [0.2, 0.25) is 0 Å². The van der Waals surface area contributed by atoms with Crippen LogP contribution in [0.5, 0.6) is 0 Å². The molecule has 338 valence electrons. The Morgan fingerprint density at radius 2 is 0.579 bits per heavy atom. The smallest absolute Gasteiger partial charge is 0.306 e. The highest BCUT2D eigenvalue weighted by Gasteiger charge is 2.19. The summed E-state index contributed by atoms with van der Waals surface area (Å²) in [6.07, 6.45) is 43.7. The number of hydrogen-bond donors (Lipinski definition) is 0. The van der Waals surface area contributed by atoms with E-state index in [1.165, 1.54) is 167 Å². The van der Waals surface area contributed by atoms with Gasteiger partial charge in [-0.3, -0.25) is 14.4 Å². The predicted molar refractivity (Wildman–Crippen MR) is 243 cm³/mol. The van der Waals surface area contributed by atoms with E-state index in [1.807, 2.05) is 0 Å². The minimum Gasteiger partial charge on any atom is -0.462 e. The number of carbonyl (C=O) groups excluding carboxylic acids is 3. The van der Waals surface area contributed by atoms with E-state index in [-0.39, 0.29) is 31.1 Å².